The lowest BCUT2D eigenvalue weighted by atomic mass is 9.93. The second-order valence-electron chi connectivity index (χ2n) is 8.19. The number of benzene rings is 1. The van der Waals surface area contributed by atoms with Crippen LogP contribution < -0.4 is 0 Å². The molecule has 166 valence electrons. The van der Waals surface area contributed by atoms with Gasteiger partial charge in [-0.05, 0) is 18.4 Å². The van der Waals surface area contributed by atoms with Gasteiger partial charge in [0.1, 0.15) is 0 Å². The molecule has 0 unspecified atom stereocenters. The number of rotatable bonds is 18. The van der Waals surface area contributed by atoms with E-state index in [0.717, 1.165) is 18.4 Å². The van der Waals surface area contributed by atoms with Crippen LogP contribution in [0, 0.1) is 5.92 Å². The summed E-state index contributed by atoms with van der Waals surface area (Å²) in [5, 5.41) is 19.7. The first kappa shape index (κ1) is 25.6. The molecule has 0 saturated carbocycles. The predicted molar refractivity (Wildman–Crippen MR) is 119 cm³/mol. The third-order valence-corrected chi connectivity index (χ3v) is 5.68. The van der Waals surface area contributed by atoms with Crippen molar-refractivity contribution in [2.24, 2.45) is 5.92 Å². The molecule has 0 aliphatic carbocycles. The van der Waals surface area contributed by atoms with E-state index in [2.05, 4.69) is 6.92 Å². The number of aliphatic carboxylic acids is 1. The van der Waals surface area contributed by atoms with Crippen molar-refractivity contribution in [3.05, 3.63) is 35.9 Å². The summed E-state index contributed by atoms with van der Waals surface area (Å²) in [7, 11) is 0. The molecule has 0 heterocycles. The fourth-order valence-electron chi connectivity index (χ4n) is 3.79. The number of ether oxygens (including phenoxy) is 1. The number of hydrogen-bond donors (Lipinski definition) is 2. The van der Waals surface area contributed by atoms with E-state index in [0.29, 0.717) is 19.4 Å². The van der Waals surface area contributed by atoms with E-state index >= 15 is 0 Å². The highest BCUT2D eigenvalue weighted by molar-refractivity contribution is 5.70. The van der Waals surface area contributed by atoms with E-state index in [1.54, 1.807) is 0 Å². The van der Waals surface area contributed by atoms with Crippen LogP contribution in [-0.2, 0) is 16.1 Å². The van der Waals surface area contributed by atoms with Crippen molar-refractivity contribution in [1.29, 1.82) is 0 Å². The standard InChI is InChI=1S/C25H42O4/c1-3-5-6-7-8-9-10-11-15-18-22(19-24(26)23(4-2)25(27)28)29-20-21-16-13-12-14-17-21/h12-14,16-17,22-24,26H,3-11,15,18-20H2,1-2H3,(H,27,28)/t22-,23+,24+/m1/s1. The molecule has 29 heavy (non-hydrogen) atoms. The smallest absolute Gasteiger partial charge is 0.309 e. The Kier molecular flexibility index (Phi) is 14.5. The van der Waals surface area contributed by atoms with E-state index in [1.807, 2.05) is 37.3 Å². The van der Waals surface area contributed by atoms with Gasteiger partial charge in [-0.25, -0.2) is 0 Å². The summed E-state index contributed by atoms with van der Waals surface area (Å²) >= 11 is 0. The number of aliphatic hydroxyl groups excluding tert-OH is 1. The highest BCUT2D eigenvalue weighted by Crippen LogP contribution is 2.21. The van der Waals surface area contributed by atoms with E-state index in [4.69, 9.17) is 4.74 Å². The third-order valence-electron chi connectivity index (χ3n) is 5.68. The van der Waals surface area contributed by atoms with Crippen LogP contribution in [-0.4, -0.2) is 28.4 Å². The van der Waals surface area contributed by atoms with Crippen LogP contribution in [0.15, 0.2) is 30.3 Å². The summed E-state index contributed by atoms with van der Waals surface area (Å²) in [6.45, 7) is 4.55. The minimum Gasteiger partial charge on any atom is -0.481 e. The fourth-order valence-corrected chi connectivity index (χ4v) is 3.79. The zero-order chi connectivity index (χ0) is 21.3. The highest BCUT2D eigenvalue weighted by atomic mass is 16.5. The average Bonchev–Trinajstić information content (AvgIpc) is 2.71. The largest absolute Gasteiger partial charge is 0.481 e. The molecule has 0 saturated heterocycles. The zero-order valence-electron chi connectivity index (χ0n) is 18.5. The van der Waals surface area contributed by atoms with Crippen LogP contribution in [0.5, 0.6) is 0 Å². The molecule has 0 aliphatic heterocycles. The number of hydrogen-bond acceptors (Lipinski definition) is 3. The molecule has 1 aromatic rings. The van der Waals surface area contributed by atoms with Gasteiger partial charge >= 0.3 is 5.97 Å². The van der Waals surface area contributed by atoms with Crippen molar-refractivity contribution in [2.75, 3.05) is 0 Å². The molecule has 4 nitrogen and oxygen atoms in total. The second kappa shape index (κ2) is 16.4. The summed E-state index contributed by atoms with van der Waals surface area (Å²) in [5.74, 6) is -1.65. The maximum Gasteiger partial charge on any atom is 0.309 e. The number of carboxylic acid groups (broad SMARTS) is 1. The molecule has 0 amide bonds. The summed E-state index contributed by atoms with van der Waals surface area (Å²) in [6.07, 6.45) is 12.1. The zero-order valence-corrected chi connectivity index (χ0v) is 18.5. The van der Waals surface area contributed by atoms with Crippen molar-refractivity contribution in [3.63, 3.8) is 0 Å². The Bertz CT molecular complexity index is 517. The number of aliphatic hydroxyl groups is 1. The normalized spacial score (nSPS) is 14.4. The summed E-state index contributed by atoms with van der Waals surface area (Å²) in [6, 6.07) is 10.0. The lowest BCUT2D eigenvalue weighted by molar-refractivity contribution is -0.147. The Morgan fingerprint density at radius 3 is 2.07 bits per heavy atom. The van der Waals surface area contributed by atoms with Gasteiger partial charge in [-0.2, -0.15) is 0 Å². The molecule has 1 rings (SSSR count). The highest BCUT2D eigenvalue weighted by Gasteiger charge is 2.27. The molecule has 1 aromatic carbocycles. The van der Waals surface area contributed by atoms with Crippen LogP contribution in [0.25, 0.3) is 0 Å². The van der Waals surface area contributed by atoms with Crippen molar-refractivity contribution in [3.8, 4) is 0 Å². The first-order valence-electron chi connectivity index (χ1n) is 11.6. The molecule has 0 aliphatic rings. The van der Waals surface area contributed by atoms with E-state index in [-0.39, 0.29) is 6.10 Å². The predicted octanol–water partition coefficient (Wildman–Crippen LogP) is 6.35. The quantitative estimate of drug-likeness (QED) is 0.279. The monoisotopic (exact) mass is 406 g/mol. The number of carboxylic acids is 1. The molecule has 2 N–H and O–H groups in total. The Balaban J connectivity index is 2.40. The fraction of sp³-hybridized carbons (Fsp3) is 0.720. The van der Waals surface area contributed by atoms with E-state index < -0.39 is 18.0 Å². The lowest BCUT2D eigenvalue weighted by Crippen LogP contribution is -2.32. The SMILES string of the molecule is CCCCCCCCCCC[C@H](C[C@H](O)[C@H](CC)C(=O)O)OCc1ccccc1. The van der Waals surface area contributed by atoms with Crippen LogP contribution in [0.2, 0.25) is 0 Å². The van der Waals surface area contributed by atoms with Crippen LogP contribution >= 0.6 is 0 Å². The average molecular weight is 407 g/mol. The van der Waals surface area contributed by atoms with E-state index in [9.17, 15) is 15.0 Å². The maximum atomic E-state index is 11.4. The summed E-state index contributed by atoms with van der Waals surface area (Å²) < 4.78 is 6.09. The Labute approximate surface area is 177 Å². The molecule has 4 heteroatoms. The molecular formula is C25H42O4. The van der Waals surface area contributed by atoms with Crippen molar-refractivity contribution >= 4 is 5.97 Å². The Hall–Kier alpha value is -1.39. The van der Waals surface area contributed by atoms with E-state index in [1.165, 1.54) is 51.4 Å². The van der Waals surface area contributed by atoms with Gasteiger partial charge in [0.15, 0.2) is 0 Å². The minimum absolute atomic E-state index is 0.108. The van der Waals surface area contributed by atoms with Crippen molar-refractivity contribution in [2.45, 2.75) is 110 Å². The first-order chi connectivity index (χ1) is 14.1. The molecule has 3 atom stereocenters. The van der Waals surface area contributed by atoms with Gasteiger partial charge in [-0.3, -0.25) is 4.79 Å². The Morgan fingerprint density at radius 2 is 1.52 bits per heavy atom. The van der Waals surface area contributed by atoms with Crippen LogP contribution in [0.3, 0.4) is 0 Å². The van der Waals surface area contributed by atoms with Gasteiger partial charge < -0.3 is 14.9 Å². The molecule has 0 spiro atoms. The number of unbranched alkanes of at least 4 members (excludes halogenated alkanes) is 8. The van der Waals surface area contributed by atoms with Gasteiger partial charge in [0, 0.05) is 6.42 Å². The summed E-state index contributed by atoms with van der Waals surface area (Å²) in [5.41, 5.74) is 1.10. The third kappa shape index (κ3) is 12.0. The van der Waals surface area contributed by atoms with Gasteiger partial charge in [0.05, 0.1) is 24.7 Å². The maximum absolute atomic E-state index is 11.4. The summed E-state index contributed by atoms with van der Waals surface area (Å²) in [4.78, 5) is 11.4. The van der Waals surface area contributed by atoms with Gasteiger partial charge in [-0.1, -0.05) is 102 Å². The topological polar surface area (TPSA) is 66.8 Å². The van der Waals surface area contributed by atoms with Gasteiger partial charge in [0.2, 0.25) is 0 Å². The molecule has 0 aromatic heterocycles. The van der Waals surface area contributed by atoms with Crippen LogP contribution in [0.1, 0.15) is 96.5 Å². The minimum atomic E-state index is -0.926. The second-order valence-corrected chi connectivity index (χ2v) is 8.19. The Morgan fingerprint density at radius 1 is 0.931 bits per heavy atom. The first-order valence-corrected chi connectivity index (χ1v) is 11.6. The lowest BCUT2D eigenvalue weighted by Gasteiger charge is -2.24. The van der Waals surface area contributed by atoms with Gasteiger partial charge in [-0.15, -0.1) is 0 Å². The van der Waals surface area contributed by atoms with Crippen LogP contribution in [0.4, 0.5) is 0 Å². The molecule has 0 radical (unpaired) electrons. The molecule has 0 fully saturated rings. The van der Waals surface area contributed by atoms with Crippen molar-refractivity contribution in [1.82, 2.24) is 0 Å². The molecule has 0 bridgehead atoms. The van der Waals surface area contributed by atoms with Crippen molar-refractivity contribution < 1.29 is 19.7 Å². The molecular weight excluding hydrogens is 364 g/mol. The number of carbonyl (C=O) groups is 1. The van der Waals surface area contributed by atoms with Gasteiger partial charge in [0.25, 0.3) is 0 Å².